The predicted molar refractivity (Wildman–Crippen MR) is 58.1 cm³/mol. The topological polar surface area (TPSA) is 32.3 Å². The van der Waals surface area contributed by atoms with E-state index in [1.54, 1.807) is 6.08 Å². The zero-order valence-electron chi connectivity index (χ0n) is 8.96. The minimum atomic E-state index is 0.221. The maximum Gasteiger partial charge on any atom is 0.236 e. The van der Waals surface area contributed by atoms with Crippen molar-refractivity contribution < 1.29 is 4.79 Å². The van der Waals surface area contributed by atoms with Crippen LogP contribution in [0.25, 0.3) is 0 Å². The molecule has 1 amide bonds. The fourth-order valence-corrected chi connectivity index (χ4v) is 1.85. The third-order valence-corrected chi connectivity index (χ3v) is 2.69. The van der Waals surface area contributed by atoms with Gasteiger partial charge in [-0.15, -0.1) is 6.58 Å². The first-order valence-electron chi connectivity index (χ1n) is 5.36. The van der Waals surface area contributed by atoms with Gasteiger partial charge in [-0.25, -0.2) is 0 Å². The summed E-state index contributed by atoms with van der Waals surface area (Å²) in [5.74, 6) is 0.221. The lowest BCUT2D eigenvalue weighted by molar-refractivity contribution is -0.133. The first-order valence-corrected chi connectivity index (χ1v) is 5.36. The number of likely N-dealkylation sites (tertiary alicyclic amines) is 1. The predicted octanol–water partition coefficient (Wildman–Crippen LogP) is 1.16. The second-order valence-corrected chi connectivity index (χ2v) is 3.85. The molecule has 0 aromatic carbocycles. The monoisotopic (exact) mass is 196 g/mol. The molecule has 0 aromatic rings. The zero-order chi connectivity index (χ0) is 10.4. The Bertz CT molecular complexity index is 203. The molecule has 3 heteroatoms. The van der Waals surface area contributed by atoms with E-state index in [1.807, 2.05) is 4.90 Å². The number of carbonyl (C=O) groups excluding carboxylic acids is 1. The second kappa shape index (κ2) is 5.81. The summed E-state index contributed by atoms with van der Waals surface area (Å²) in [6.07, 6.45) is 5.32. The Hall–Kier alpha value is -0.830. The summed E-state index contributed by atoms with van der Waals surface area (Å²) in [6.45, 7) is 7.80. The number of hydrogen-bond acceptors (Lipinski definition) is 2. The molecular formula is C11H20N2O. The van der Waals surface area contributed by atoms with Crippen LogP contribution in [0.4, 0.5) is 0 Å². The Labute approximate surface area is 86.2 Å². The van der Waals surface area contributed by atoms with Gasteiger partial charge in [0.15, 0.2) is 0 Å². The van der Waals surface area contributed by atoms with Gasteiger partial charge >= 0.3 is 0 Å². The van der Waals surface area contributed by atoms with Crippen molar-refractivity contribution in [3.63, 3.8) is 0 Å². The Balaban J connectivity index is 2.30. The number of amides is 1. The molecule has 0 aliphatic carbocycles. The SMILES string of the molecule is C=CCNCC(=O)N1CCCCC1C. The average Bonchev–Trinajstić information content (AvgIpc) is 2.18. The van der Waals surface area contributed by atoms with Crippen LogP contribution >= 0.6 is 0 Å². The summed E-state index contributed by atoms with van der Waals surface area (Å²) in [6, 6.07) is 0.418. The van der Waals surface area contributed by atoms with Gasteiger partial charge in [-0.2, -0.15) is 0 Å². The number of carbonyl (C=O) groups is 1. The van der Waals surface area contributed by atoms with Crippen LogP contribution in [0.2, 0.25) is 0 Å². The van der Waals surface area contributed by atoms with E-state index in [0.29, 0.717) is 19.1 Å². The van der Waals surface area contributed by atoms with E-state index >= 15 is 0 Å². The fraction of sp³-hybridized carbons (Fsp3) is 0.727. The molecule has 0 spiro atoms. The highest BCUT2D eigenvalue weighted by Gasteiger charge is 2.22. The molecule has 0 saturated carbocycles. The van der Waals surface area contributed by atoms with Crippen LogP contribution in [0.5, 0.6) is 0 Å². The highest BCUT2D eigenvalue weighted by atomic mass is 16.2. The van der Waals surface area contributed by atoms with Gasteiger partial charge in [0, 0.05) is 19.1 Å². The molecule has 0 aromatic heterocycles. The maximum absolute atomic E-state index is 11.7. The first kappa shape index (κ1) is 11.2. The van der Waals surface area contributed by atoms with Crippen molar-refractivity contribution in [2.45, 2.75) is 32.2 Å². The van der Waals surface area contributed by atoms with Gasteiger partial charge in [0.1, 0.15) is 0 Å². The fourth-order valence-electron chi connectivity index (χ4n) is 1.85. The molecule has 1 heterocycles. The molecule has 0 bridgehead atoms. The Morgan fingerprint density at radius 1 is 1.64 bits per heavy atom. The number of nitrogens with zero attached hydrogens (tertiary/aromatic N) is 1. The lowest BCUT2D eigenvalue weighted by atomic mass is 10.0. The van der Waals surface area contributed by atoms with Crippen LogP contribution in [0.3, 0.4) is 0 Å². The Morgan fingerprint density at radius 2 is 2.43 bits per heavy atom. The molecule has 1 aliphatic heterocycles. The molecule has 80 valence electrons. The zero-order valence-corrected chi connectivity index (χ0v) is 8.96. The third kappa shape index (κ3) is 3.14. The van der Waals surface area contributed by atoms with Gasteiger partial charge in [-0.05, 0) is 26.2 Å². The number of hydrogen-bond donors (Lipinski definition) is 1. The summed E-state index contributed by atoms with van der Waals surface area (Å²) < 4.78 is 0. The first-order chi connectivity index (χ1) is 6.75. The third-order valence-electron chi connectivity index (χ3n) is 2.69. The summed E-state index contributed by atoms with van der Waals surface area (Å²) in [4.78, 5) is 13.7. The smallest absolute Gasteiger partial charge is 0.236 e. The summed E-state index contributed by atoms with van der Waals surface area (Å²) in [7, 11) is 0. The number of rotatable bonds is 4. The van der Waals surface area contributed by atoms with Gasteiger partial charge < -0.3 is 10.2 Å². The standard InChI is InChI=1S/C11H20N2O/c1-3-7-12-9-11(14)13-8-5-4-6-10(13)2/h3,10,12H,1,4-9H2,2H3. The molecule has 1 N–H and O–H groups in total. The highest BCUT2D eigenvalue weighted by Crippen LogP contribution is 2.15. The van der Waals surface area contributed by atoms with E-state index < -0.39 is 0 Å². The van der Waals surface area contributed by atoms with Crippen molar-refractivity contribution in [3.05, 3.63) is 12.7 Å². The molecule has 1 rings (SSSR count). The number of nitrogens with one attached hydrogen (secondary N) is 1. The second-order valence-electron chi connectivity index (χ2n) is 3.85. The maximum atomic E-state index is 11.7. The van der Waals surface area contributed by atoms with Gasteiger partial charge in [-0.1, -0.05) is 6.08 Å². The average molecular weight is 196 g/mol. The normalized spacial score (nSPS) is 22.1. The van der Waals surface area contributed by atoms with Crippen molar-refractivity contribution in [3.8, 4) is 0 Å². The van der Waals surface area contributed by atoms with Crippen molar-refractivity contribution in [1.82, 2.24) is 10.2 Å². The molecule has 0 radical (unpaired) electrons. The van der Waals surface area contributed by atoms with Crippen molar-refractivity contribution >= 4 is 5.91 Å². The molecule has 1 aliphatic rings. The molecule has 1 atom stereocenters. The van der Waals surface area contributed by atoms with Crippen LogP contribution in [0.15, 0.2) is 12.7 Å². The molecule has 3 nitrogen and oxygen atoms in total. The summed E-state index contributed by atoms with van der Waals surface area (Å²) >= 11 is 0. The van der Waals surface area contributed by atoms with Crippen LogP contribution in [-0.4, -0.2) is 36.5 Å². The Kier molecular flexibility index (Phi) is 4.66. The quantitative estimate of drug-likeness (QED) is 0.540. The van der Waals surface area contributed by atoms with Gasteiger partial charge in [0.25, 0.3) is 0 Å². The molecule has 1 fully saturated rings. The molecule has 14 heavy (non-hydrogen) atoms. The van der Waals surface area contributed by atoms with Crippen LogP contribution in [-0.2, 0) is 4.79 Å². The van der Waals surface area contributed by atoms with E-state index in [1.165, 1.54) is 6.42 Å². The van der Waals surface area contributed by atoms with Gasteiger partial charge in [-0.3, -0.25) is 4.79 Å². The lowest BCUT2D eigenvalue weighted by Crippen LogP contribution is -2.45. The van der Waals surface area contributed by atoms with Gasteiger partial charge in [0.05, 0.1) is 6.54 Å². The molecule has 1 unspecified atom stereocenters. The summed E-state index contributed by atoms with van der Waals surface area (Å²) in [5.41, 5.74) is 0. The Morgan fingerprint density at radius 3 is 3.07 bits per heavy atom. The van der Waals surface area contributed by atoms with E-state index in [2.05, 4.69) is 18.8 Å². The lowest BCUT2D eigenvalue weighted by Gasteiger charge is -2.33. The highest BCUT2D eigenvalue weighted by molar-refractivity contribution is 5.78. The minimum Gasteiger partial charge on any atom is -0.339 e. The van der Waals surface area contributed by atoms with Crippen LogP contribution in [0.1, 0.15) is 26.2 Å². The molecule has 1 saturated heterocycles. The van der Waals surface area contributed by atoms with Crippen molar-refractivity contribution in [1.29, 1.82) is 0 Å². The van der Waals surface area contributed by atoms with Crippen molar-refractivity contribution in [2.24, 2.45) is 0 Å². The van der Waals surface area contributed by atoms with Crippen molar-refractivity contribution in [2.75, 3.05) is 19.6 Å². The van der Waals surface area contributed by atoms with Gasteiger partial charge in [0.2, 0.25) is 5.91 Å². The van der Waals surface area contributed by atoms with Crippen LogP contribution < -0.4 is 5.32 Å². The van der Waals surface area contributed by atoms with E-state index in [0.717, 1.165) is 19.4 Å². The van der Waals surface area contributed by atoms with E-state index in [-0.39, 0.29) is 5.91 Å². The van der Waals surface area contributed by atoms with Crippen LogP contribution in [0, 0.1) is 0 Å². The van der Waals surface area contributed by atoms with E-state index in [4.69, 9.17) is 0 Å². The molecular weight excluding hydrogens is 176 g/mol. The minimum absolute atomic E-state index is 0.221. The summed E-state index contributed by atoms with van der Waals surface area (Å²) in [5, 5.41) is 3.04. The largest absolute Gasteiger partial charge is 0.339 e. The number of piperidine rings is 1. The van der Waals surface area contributed by atoms with E-state index in [9.17, 15) is 4.79 Å².